The molecule has 1 aliphatic heterocycles. The van der Waals surface area contributed by atoms with Gasteiger partial charge in [0.15, 0.2) is 0 Å². The molecule has 0 unspecified atom stereocenters. The van der Waals surface area contributed by atoms with Crippen molar-refractivity contribution >= 4 is 33.4 Å². The maximum Gasteiger partial charge on any atom is 0.212 e. The van der Waals surface area contributed by atoms with Gasteiger partial charge in [0.1, 0.15) is 12.8 Å². The van der Waals surface area contributed by atoms with Crippen LogP contribution in [0.25, 0.3) is 0 Å². The first-order valence-corrected chi connectivity index (χ1v) is 11.3. The Labute approximate surface area is 172 Å². The van der Waals surface area contributed by atoms with Crippen LogP contribution >= 0.6 is 0 Å². The molecule has 0 aromatic heterocycles. The van der Waals surface area contributed by atoms with Crippen molar-refractivity contribution in [1.82, 2.24) is 0 Å². The average Bonchev–Trinajstić information content (AvgIpc) is 2.90. The van der Waals surface area contributed by atoms with Crippen molar-refractivity contribution < 1.29 is 17.5 Å². The first-order valence-electron chi connectivity index (χ1n) is 9.71. The molecule has 0 saturated heterocycles. The minimum atomic E-state index is -4.18. The van der Waals surface area contributed by atoms with Gasteiger partial charge >= 0.3 is 0 Å². The number of hydrogen-bond donors (Lipinski definition) is 0. The van der Waals surface area contributed by atoms with Gasteiger partial charge in [0.05, 0.1) is 21.2 Å². The Morgan fingerprint density at radius 1 is 1.07 bits per heavy atom. The predicted molar refractivity (Wildman–Crippen MR) is 116 cm³/mol. The lowest BCUT2D eigenvalue weighted by Gasteiger charge is -2.16. The summed E-state index contributed by atoms with van der Waals surface area (Å²) in [5.41, 5.74) is 4.12. The lowest BCUT2D eigenvalue weighted by molar-refractivity contribution is -0.437. The highest BCUT2D eigenvalue weighted by Gasteiger charge is 2.44. The van der Waals surface area contributed by atoms with Crippen LogP contribution in [-0.2, 0) is 15.5 Å². The van der Waals surface area contributed by atoms with Crippen LogP contribution in [0.4, 0.5) is 11.4 Å². The van der Waals surface area contributed by atoms with Crippen molar-refractivity contribution in [1.29, 1.82) is 0 Å². The number of hydrazone groups is 1. The molecule has 2 aromatic carbocycles. The zero-order valence-corrected chi connectivity index (χ0v) is 17.9. The summed E-state index contributed by atoms with van der Waals surface area (Å²) >= 11 is 0. The highest BCUT2D eigenvalue weighted by Crippen LogP contribution is 2.39. The van der Waals surface area contributed by atoms with E-state index in [-0.39, 0.29) is 11.2 Å². The number of unbranched alkanes of at least 4 members (excludes halogenated alkanes) is 1. The van der Waals surface area contributed by atoms with Gasteiger partial charge in [-0.25, -0.2) is 8.42 Å². The van der Waals surface area contributed by atoms with E-state index < -0.39 is 10.1 Å². The standard InChI is InChI=1S/C22H27N3O3S/c1-22(2)19-13-7-8-14-20(19)25(15-9-10-16-29(26,27)28)21(22)17-23-24(3)18-11-5-4-6-12-18/h4-8,11-14,17H,9-10,15-16H2,1-3H3. The van der Waals surface area contributed by atoms with Crippen LogP contribution in [0.3, 0.4) is 0 Å². The van der Waals surface area contributed by atoms with Gasteiger partial charge in [0.2, 0.25) is 11.4 Å². The molecular formula is C22H27N3O3S. The predicted octanol–water partition coefficient (Wildman–Crippen LogP) is 3.51. The fourth-order valence-electron chi connectivity index (χ4n) is 3.72. The van der Waals surface area contributed by atoms with Gasteiger partial charge in [-0.2, -0.15) is 9.68 Å². The van der Waals surface area contributed by atoms with E-state index in [0.717, 1.165) is 17.1 Å². The number of fused-ring (bicyclic) bond motifs is 1. The van der Waals surface area contributed by atoms with Crippen molar-refractivity contribution in [3.8, 4) is 0 Å². The fourth-order valence-corrected chi connectivity index (χ4v) is 4.27. The quantitative estimate of drug-likeness (QED) is 0.218. The van der Waals surface area contributed by atoms with Gasteiger partial charge < -0.3 is 4.55 Å². The van der Waals surface area contributed by atoms with Crippen molar-refractivity contribution in [2.24, 2.45) is 5.10 Å². The van der Waals surface area contributed by atoms with Crippen molar-refractivity contribution in [2.75, 3.05) is 24.4 Å². The molecule has 29 heavy (non-hydrogen) atoms. The molecule has 2 aromatic rings. The molecule has 0 spiro atoms. The first-order chi connectivity index (χ1) is 13.7. The Balaban J connectivity index is 1.89. The number of nitrogens with zero attached hydrogens (tertiary/aromatic N) is 3. The number of anilines is 1. The second-order valence-corrected chi connectivity index (χ2v) is 9.28. The van der Waals surface area contributed by atoms with E-state index in [9.17, 15) is 13.0 Å². The Hall–Kier alpha value is -2.51. The molecule has 1 heterocycles. The van der Waals surface area contributed by atoms with Gasteiger partial charge in [-0.15, -0.1) is 0 Å². The zero-order valence-electron chi connectivity index (χ0n) is 17.1. The van der Waals surface area contributed by atoms with Crippen LogP contribution in [-0.4, -0.2) is 48.8 Å². The monoisotopic (exact) mass is 413 g/mol. The summed E-state index contributed by atoms with van der Waals surface area (Å²) in [6.07, 6.45) is 2.84. The van der Waals surface area contributed by atoms with Crippen LogP contribution in [0.1, 0.15) is 32.3 Å². The highest BCUT2D eigenvalue weighted by molar-refractivity contribution is 7.85. The van der Waals surface area contributed by atoms with Gasteiger partial charge in [0, 0.05) is 30.9 Å². The molecule has 0 bridgehead atoms. The van der Waals surface area contributed by atoms with E-state index >= 15 is 0 Å². The molecule has 3 rings (SSSR count). The molecule has 0 fully saturated rings. The summed E-state index contributed by atoms with van der Waals surface area (Å²) in [7, 11) is -2.27. The van der Waals surface area contributed by atoms with E-state index in [2.05, 4.69) is 35.7 Å². The molecule has 0 aliphatic carbocycles. The third-order valence-electron chi connectivity index (χ3n) is 5.31. The first kappa shape index (κ1) is 21.2. The highest BCUT2D eigenvalue weighted by atomic mass is 32.2. The topological polar surface area (TPSA) is 75.8 Å². The lowest BCUT2D eigenvalue weighted by Crippen LogP contribution is -2.32. The summed E-state index contributed by atoms with van der Waals surface area (Å²) in [5.74, 6) is -0.327. The molecule has 0 saturated carbocycles. The number of benzene rings is 2. The Bertz CT molecular complexity index is 1030. The van der Waals surface area contributed by atoms with Crippen molar-refractivity contribution in [2.45, 2.75) is 32.1 Å². The average molecular weight is 414 g/mol. The van der Waals surface area contributed by atoms with Crippen molar-refractivity contribution in [3.05, 3.63) is 60.2 Å². The largest absolute Gasteiger partial charge is 0.748 e. The fraction of sp³-hybridized carbons (Fsp3) is 0.364. The van der Waals surface area contributed by atoms with Crippen LogP contribution in [0.5, 0.6) is 0 Å². The van der Waals surface area contributed by atoms with Crippen LogP contribution in [0, 0.1) is 0 Å². The third-order valence-corrected chi connectivity index (χ3v) is 6.10. The van der Waals surface area contributed by atoms with E-state index in [4.69, 9.17) is 0 Å². The summed E-state index contributed by atoms with van der Waals surface area (Å²) in [5, 5.41) is 6.48. The van der Waals surface area contributed by atoms with Gasteiger partial charge in [-0.3, -0.25) is 5.01 Å². The maximum atomic E-state index is 10.9. The normalized spacial score (nSPS) is 15.7. The molecular weight excluding hydrogens is 386 g/mol. The molecule has 0 amide bonds. The van der Waals surface area contributed by atoms with Crippen LogP contribution in [0.15, 0.2) is 59.7 Å². The number of rotatable bonds is 8. The molecule has 0 N–H and O–H groups in total. The lowest BCUT2D eigenvalue weighted by atomic mass is 9.82. The SMILES string of the molecule is CN(N=CC1=[N+](CCCCS(=O)(=O)[O-])c2ccccc2C1(C)C)c1ccccc1. The molecule has 154 valence electrons. The Morgan fingerprint density at radius 3 is 2.41 bits per heavy atom. The second kappa shape index (κ2) is 8.47. The number of hydrogen-bond acceptors (Lipinski definition) is 5. The van der Waals surface area contributed by atoms with E-state index in [0.29, 0.717) is 19.4 Å². The molecule has 7 heteroatoms. The maximum absolute atomic E-state index is 10.9. The minimum Gasteiger partial charge on any atom is -0.748 e. The summed E-state index contributed by atoms with van der Waals surface area (Å²) in [4.78, 5) is 0. The van der Waals surface area contributed by atoms with E-state index in [1.165, 1.54) is 5.56 Å². The van der Waals surface area contributed by atoms with E-state index in [1.54, 1.807) is 0 Å². The Kier molecular flexibility index (Phi) is 6.19. The van der Waals surface area contributed by atoms with E-state index in [1.807, 2.05) is 60.7 Å². The van der Waals surface area contributed by atoms with Gasteiger partial charge in [-0.05, 0) is 32.4 Å². The third kappa shape index (κ3) is 4.92. The smallest absolute Gasteiger partial charge is 0.212 e. The van der Waals surface area contributed by atoms with Crippen LogP contribution < -0.4 is 5.01 Å². The number of para-hydroxylation sites is 2. The van der Waals surface area contributed by atoms with Gasteiger partial charge in [-0.1, -0.05) is 36.4 Å². The Morgan fingerprint density at radius 2 is 1.72 bits per heavy atom. The minimum absolute atomic E-state index is 0.234. The zero-order chi connectivity index (χ0) is 21.1. The van der Waals surface area contributed by atoms with Crippen LogP contribution in [0.2, 0.25) is 0 Å². The van der Waals surface area contributed by atoms with Gasteiger partial charge in [0.25, 0.3) is 0 Å². The van der Waals surface area contributed by atoms with Crippen molar-refractivity contribution in [3.63, 3.8) is 0 Å². The summed E-state index contributed by atoms with van der Waals surface area (Å²) in [6.45, 7) is 4.96. The molecule has 0 atom stereocenters. The second-order valence-electron chi connectivity index (χ2n) is 7.75. The molecule has 6 nitrogen and oxygen atoms in total. The summed E-state index contributed by atoms with van der Waals surface area (Å²) < 4.78 is 34.9. The molecule has 1 aliphatic rings. The summed E-state index contributed by atoms with van der Waals surface area (Å²) in [6, 6.07) is 18.1. The molecule has 0 radical (unpaired) electrons.